The van der Waals surface area contributed by atoms with Gasteiger partial charge in [-0.1, -0.05) is 133 Å². The van der Waals surface area contributed by atoms with Crippen molar-refractivity contribution in [2.45, 2.75) is 11.4 Å². The lowest BCUT2D eigenvalue weighted by molar-refractivity contribution is -0.672. The molecule has 244 valence electrons. The van der Waals surface area contributed by atoms with Crippen molar-refractivity contribution in [3.63, 3.8) is 0 Å². The van der Waals surface area contributed by atoms with Crippen molar-refractivity contribution in [3.05, 3.63) is 181 Å². The monoisotopic (exact) mass is 669 g/mol. The van der Waals surface area contributed by atoms with E-state index in [2.05, 4.69) is 180 Å². The number of allylic oxidation sites excluding steroid dienone is 4. The maximum atomic E-state index is 6.32. The molecule has 0 unspecified atom stereocenters. The average molecular weight is 670 g/mol. The van der Waals surface area contributed by atoms with Crippen molar-refractivity contribution in [2.75, 3.05) is 24.7 Å². The van der Waals surface area contributed by atoms with E-state index in [1.54, 1.807) is 11.8 Å². The normalized spacial score (nSPS) is 13.7. The second kappa shape index (κ2) is 14.8. The number of rotatable bonds is 11. The standard InChI is InChI=1S/C45H37N2O2S/c1(3-27-45-47(41-23-10-11-26-44(41)50-45)31-33-49-43-25-13-18-35-16-5-7-21-39(35)43)2-14-36-28-29-46(40-22-9-8-19-37(36)40)30-32-48-42-24-12-17-34-15-4-6-20-38(34)42/h1-29H,30-33H2/q+1. The van der Waals surface area contributed by atoms with Crippen LogP contribution >= 0.6 is 11.8 Å². The van der Waals surface area contributed by atoms with Gasteiger partial charge in [0.1, 0.15) is 24.7 Å². The van der Waals surface area contributed by atoms with E-state index in [0.717, 1.165) is 35.4 Å². The van der Waals surface area contributed by atoms with E-state index in [-0.39, 0.29) is 0 Å². The maximum Gasteiger partial charge on any atom is 0.213 e. The number of anilines is 1. The van der Waals surface area contributed by atoms with Gasteiger partial charge in [-0.25, -0.2) is 0 Å². The van der Waals surface area contributed by atoms with Crippen LogP contribution in [-0.2, 0) is 6.54 Å². The van der Waals surface area contributed by atoms with Crippen LogP contribution in [0, 0.1) is 0 Å². The number of para-hydroxylation sites is 2. The molecule has 0 amide bonds. The van der Waals surface area contributed by atoms with Crippen molar-refractivity contribution in [3.8, 4) is 11.5 Å². The quantitative estimate of drug-likeness (QED) is 0.101. The summed E-state index contributed by atoms with van der Waals surface area (Å²) in [7, 11) is 0. The molecule has 5 heteroatoms. The van der Waals surface area contributed by atoms with Crippen LogP contribution in [0.15, 0.2) is 180 Å². The minimum atomic E-state index is 0.584. The van der Waals surface area contributed by atoms with Crippen LogP contribution in [0.5, 0.6) is 11.5 Å². The van der Waals surface area contributed by atoms with Crippen LogP contribution in [0.3, 0.4) is 0 Å². The van der Waals surface area contributed by atoms with Gasteiger partial charge in [-0.2, -0.15) is 4.57 Å². The minimum absolute atomic E-state index is 0.584. The lowest BCUT2D eigenvalue weighted by Crippen LogP contribution is -2.37. The number of thioether (sulfide) groups is 1. The van der Waals surface area contributed by atoms with E-state index in [0.29, 0.717) is 13.2 Å². The molecule has 6 aromatic carbocycles. The predicted molar refractivity (Wildman–Crippen MR) is 209 cm³/mol. The number of ether oxygens (including phenoxy) is 2. The van der Waals surface area contributed by atoms with Crippen LogP contribution in [0.2, 0.25) is 0 Å². The van der Waals surface area contributed by atoms with Gasteiger partial charge in [-0.15, -0.1) is 0 Å². The Morgan fingerprint density at radius 3 is 2.00 bits per heavy atom. The first kappa shape index (κ1) is 31.5. The summed E-state index contributed by atoms with van der Waals surface area (Å²) in [4.78, 5) is 3.62. The second-order valence-corrected chi connectivity index (χ2v) is 13.2. The Kier molecular flexibility index (Phi) is 9.30. The third kappa shape index (κ3) is 6.73. The van der Waals surface area contributed by atoms with E-state index in [1.807, 2.05) is 6.07 Å². The van der Waals surface area contributed by atoms with Gasteiger partial charge >= 0.3 is 0 Å². The lowest BCUT2D eigenvalue weighted by atomic mass is 10.1. The van der Waals surface area contributed by atoms with Gasteiger partial charge in [0.15, 0.2) is 12.7 Å². The number of hydrogen-bond acceptors (Lipinski definition) is 4. The molecule has 4 nitrogen and oxygen atoms in total. The van der Waals surface area contributed by atoms with Gasteiger partial charge in [0, 0.05) is 27.8 Å². The summed E-state index contributed by atoms with van der Waals surface area (Å²) in [5, 5.41) is 7.07. The molecule has 0 atom stereocenters. The smallest absolute Gasteiger partial charge is 0.213 e. The highest BCUT2D eigenvalue weighted by atomic mass is 32.2. The fourth-order valence-electron chi connectivity index (χ4n) is 6.56. The zero-order chi connectivity index (χ0) is 33.5. The molecule has 1 aromatic heterocycles. The first-order valence-corrected chi connectivity index (χ1v) is 17.9. The van der Waals surface area contributed by atoms with Gasteiger partial charge in [-0.3, -0.25) is 0 Å². The summed E-state index contributed by atoms with van der Waals surface area (Å²) in [5.41, 5.74) is 3.59. The molecular weight excluding hydrogens is 633 g/mol. The SMILES string of the molecule is C(=CC=C1Sc2ccccc2N1CCOc1cccc2ccccc12)C=Cc1cc[n+](CCOc2cccc3ccccc23)c2ccccc12. The van der Waals surface area contributed by atoms with Gasteiger partial charge in [0.2, 0.25) is 5.52 Å². The van der Waals surface area contributed by atoms with Crippen molar-refractivity contribution in [1.82, 2.24) is 0 Å². The molecule has 50 heavy (non-hydrogen) atoms. The van der Waals surface area contributed by atoms with Crippen LogP contribution in [0.25, 0.3) is 38.5 Å². The summed E-state index contributed by atoms with van der Waals surface area (Å²) >= 11 is 1.80. The van der Waals surface area contributed by atoms with E-state index in [1.165, 1.54) is 42.9 Å². The Labute approximate surface area is 297 Å². The summed E-state index contributed by atoms with van der Waals surface area (Å²) in [6, 6.07) is 48.5. The predicted octanol–water partition coefficient (Wildman–Crippen LogP) is 10.6. The van der Waals surface area contributed by atoms with Crippen LogP contribution in [-0.4, -0.2) is 19.8 Å². The van der Waals surface area contributed by atoms with Crippen LogP contribution < -0.4 is 18.9 Å². The third-order valence-electron chi connectivity index (χ3n) is 8.99. The molecule has 7 aromatic rings. The Bertz CT molecular complexity index is 2390. The Hall–Kier alpha value is -5.78. The number of benzene rings is 6. The molecule has 0 radical (unpaired) electrons. The number of aromatic nitrogens is 1. The Balaban J connectivity index is 0.937. The lowest BCUT2D eigenvalue weighted by Gasteiger charge is -2.20. The van der Waals surface area contributed by atoms with E-state index < -0.39 is 0 Å². The Morgan fingerprint density at radius 2 is 1.22 bits per heavy atom. The number of pyridine rings is 1. The molecule has 0 saturated carbocycles. The number of fused-ring (bicyclic) bond motifs is 4. The van der Waals surface area contributed by atoms with Crippen molar-refractivity contribution in [1.29, 1.82) is 0 Å². The topological polar surface area (TPSA) is 25.6 Å². The van der Waals surface area contributed by atoms with Gasteiger partial charge in [0.05, 0.1) is 22.6 Å². The molecule has 0 N–H and O–H groups in total. The fourth-order valence-corrected chi connectivity index (χ4v) is 7.66. The highest BCUT2D eigenvalue weighted by Gasteiger charge is 2.24. The molecule has 0 aliphatic carbocycles. The van der Waals surface area contributed by atoms with E-state index in [4.69, 9.17) is 9.47 Å². The summed E-state index contributed by atoms with van der Waals surface area (Å²) in [5.74, 6) is 1.85. The highest BCUT2D eigenvalue weighted by Crippen LogP contribution is 2.45. The van der Waals surface area contributed by atoms with Crippen LogP contribution in [0.4, 0.5) is 5.69 Å². The number of nitrogens with zero attached hydrogens (tertiary/aromatic N) is 2. The average Bonchev–Trinajstić information content (AvgIpc) is 3.52. The van der Waals surface area contributed by atoms with Gasteiger partial charge in [-0.05, 0) is 52.7 Å². The third-order valence-corrected chi connectivity index (χ3v) is 10.1. The first-order chi connectivity index (χ1) is 24.8. The zero-order valence-corrected chi connectivity index (χ0v) is 28.5. The zero-order valence-electron chi connectivity index (χ0n) is 27.7. The molecule has 2 heterocycles. The number of hydrogen-bond donors (Lipinski definition) is 0. The summed E-state index contributed by atoms with van der Waals surface area (Å²) in [6.45, 7) is 2.68. The van der Waals surface area contributed by atoms with Gasteiger partial charge < -0.3 is 14.4 Å². The molecular formula is C45H37N2O2S+. The van der Waals surface area contributed by atoms with Crippen molar-refractivity contribution in [2.24, 2.45) is 0 Å². The molecule has 8 rings (SSSR count). The molecule has 0 spiro atoms. The molecule has 1 aliphatic heterocycles. The molecule has 1 aliphatic rings. The van der Waals surface area contributed by atoms with Crippen LogP contribution in [0.1, 0.15) is 5.56 Å². The van der Waals surface area contributed by atoms with Gasteiger partial charge in [0.25, 0.3) is 0 Å². The largest absolute Gasteiger partial charge is 0.491 e. The highest BCUT2D eigenvalue weighted by molar-refractivity contribution is 8.03. The van der Waals surface area contributed by atoms with E-state index in [9.17, 15) is 0 Å². The molecule has 0 saturated heterocycles. The molecule has 0 bridgehead atoms. The summed E-state index contributed by atoms with van der Waals surface area (Å²) < 4.78 is 14.9. The van der Waals surface area contributed by atoms with Crippen molar-refractivity contribution >= 4 is 56.0 Å². The van der Waals surface area contributed by atoms with Crippen molar-refractivity contribution < 1.29 is 14.0 Å². The Morgan fingerprint density at radius 1 is 0.580 bits per heavy atom. The van der Waals surface area contributed by atoms with E-state index >= 15 is 0 Å². The second-order valence-electron chi connectivity index (χ2n) is 12.1. The molecule has 0 fully saturated rings. The summed E-state index contributed by atoms with van der Waals surface area (Å²) in [6.07, 6.45) is 12.9. The first-order valence-electron chi connectivity index (χ1n) is 17.0. The fraction of sp³-hybridized carbons (Fsp3) is 0.0889. The maximum absolute atomic E-state index is 6.32. The minimum Gasteiger partial charge on any atom is -0.491 e.